The number of hydrogen-bond donors (Lipinski definition) is 0. The number of nitrogens with zero attached hydrogens (tertiary/aromatic N) is 6. The van der Waals surface area contributed by atoms with Crippen LogP contribution in [0, 0.1) is 0 Å². The van der Waals surface area contributed by atoms with Gasteiger partial charge in [0, 0.05) is 33.3 Å². The van der Waals surface area contributed by atoms with Crippen LogP contribution < -0.4 is 4.90 Å². The number of halogens is 1. The molecule has 1 fully saturated rings. The summed E-state index contributed by atoms with van der Waals surface area (Å²) in [6, 6.07) is 0. The average Bonchev–Trinajstić information content (AvgIpc) is 2.96. The van der Waals surface area contributed by atoms with E-state index in [0.29, 0.717) is 30.0 Å². The number of hydrogen-bond acceptors (Lipinski definition) is 8. The molecule has 3 rings (SSSR count). The molecule has 8 nitrogen and oxygen atoms in total. The second-order valence-corrected chi connectivity index (χ2v) is 5.39. The Labute approximate surface area is 133 Å². The molecule has 2 aromatic rings. The number of methoxy groups -OCH3 is 1. The highest BCUT2D eigenvalue weighted by Crippen LogP contribution is 2.15. The molecule has 9 heteroatoms. The molecule has 0 bridgehead atoms. The van der Waals surface area contributed by atoms with Crippen molar-refractivity contribution in [2.24, 2.45) is 0 Å². The normalized spacial score (nSPS) is 16.2. The summed E-state index contributed by atoms with van der Waals surface area (Å²) < 4.78 is 10.2. The number of aromatic nitrogens is 4. The Kier molecular flexibility index (Phi) is 4.81. The third kappa shape index (κ3) is 3.70. The Morgan fingerprint density at radius 3 is 2.77 bits per heavy atom. The Morgan fingerprint density at radius 1 is 1.23 bits per heavy atom. The van der Waals surface area contributed by atoms with Crippen molar-refractivity contribution in [3.63, 3.8) is 0 Å². The summed E-state index contributed by atoms with van der Waals surface area (Å²) in [7, 11) is 1.61. The molecule has 1 saturated heterocycles. The molecule has 0 N–H and O–H groups in total. The van der Waals surface area contributed by atoms with Gasteiger partial charge in [-0.05, 0) is 0 Å². The maximum atomic E-state index is 5.88. The fraction of sp³-hybridized carbons (Fsp3) is 0.538. The molecule has 3 heterocycles. The van der Waals surface area contributed by atoms with E-state index in [4.69, 9.17) is 20.9 Å². The smallest absolute Gasteiger partial charge is 0.240 e. The van der Waals surface area contributed by atoms with E-state index in [-0.39, 0.29) is 0 Å². The first kappa shape index (κ1) is 15.1. The fourth-order valence-corrected chi connectivity index (χ4v) is 2.50. The summed E-state index contributed by atoms with van der Waals surface area (Å²) in [5.74, 6) is 2.00. The predicted octanol–water partition coefficient (Wildman–Crippen LogP) is 0.982. The molecule has 0 amide bonds. The molecule has 0 radical (unpaired) electrons. The van der Waals surface area contributed by atoms with Crippen LogP contribution in [0.1, 0.15) is 11.7 Å². The lowest BCUT2D eigenvalue weighted by molar-refractivity contribution is 0.174. The van der Waals surface area contributed by atoms with Gasteiger partial charge in [0.1, 0.15) is 17.6 Å². The first-order valence-corrected chi connectivity index (χ1v) is 7.37. The van der Waals surface area contributed by atoms with E-state index < -0.39 is 0 Å². The lowest BCUT2D eigenvalue weighted by atomic mass is 10.3. The number of rotatable bonds is 5. The Morgan fingerprint density at radius 2 is 2.05 bits per heavy atom. The lowest BCUT2D eigenvalue weighted by Crippen LogP contribution is -2.46. The summed E-state index contributed by atoms with van der Waals surface area (Å²) in [5, 5.41) is 4.28. The van der Waals surface area contributed by atoms with E-state index in [2.05, 4.69) is 29.9 Å². The van der Waals surface area contributed by atoms with Crippen LogP contribution in [0.4, 0.5) is 5.82 Å². The zero-order valence-electron chi connectivity index (χ0n) is 12.3. The molecule has 0 atom stereocenters. The summed E-state index contributed by atoms with van der Waals surface area (Å²) in [6.45, 7) is 4.49. The molecule has 0 aromatic carbocycles. The van der Waals surface area contributed by atoms with Crippen LogP contribution in [0.25, 0.3) is 0 Å². The van der Waals surface area contributed by atoms with E-state index >= 15 is 0 Å². The molecular weight excluding hydrogens is 308 g/mol. The van der Waals surface area contributed by atoms with Gasteiger partial charge in [-0.2, -0.15) is 4.98 Å². The molecule has 0 spiro atoms. The van der Waals surface area contributed by atoms with E-state index in [1.807, 2.05) is 0 Å². The van der Waals surface area contributed by atoms with Gasteiger partial charge in [0.05, 0.1) is 18.9 Å². The third-order valence-corrected chi connectivity index (χ3v) is 3.61. The maximum absolute atomic E-state index is 5.88. The van der Waals surface area contributed by atoms with Crippen LogP contribution in [0.2, 0.25) is 5.15 Å². The van der Waals surface area contributed by atoms with Crippen molar-refractivity contribution in [3.8, 4) is 0 Å². The molecule has 0 aliphatic carbocycles. The Hall–Kier alpha value is -1.77. The van der Waals surface area contributed by atoms with Crippen molar-refractivity contribution in [2.45, 2.75) is 13.2 Å². The van der Waals surface area contributed by atoms with Crippen molar-refractivity contribution < 1.29 is 9.26 Å². The fourth-order valence-electron chi connectivity index (χ4n) is 2.35. The van der Waals surface area contributed by atoms with Gasteiger partial charge in [0.2, 0.25) is 5.89 Å². The minimum absolute atomic E-state index is 0.366. The summed E-state index contributed by atoms with van der Waals surface area (Å²) in [6.07, 6.45) is 3.27. The Bertz CT molecular complexity index is 614. The third-order valence-electron chi connectivity index (χ3n) is 3.43. The molecule has 2 aromatic heterocycles. The van der Waals surface area contributed by atoms with E-state index in [9.17, 15) is 0 Å². The highest BCUT2D eigenvalue weighted by Gasteiger charge is 2.20. The van der Waals surface area contributed by atoms with Crippen LogP contribution in [0.5, 0.6) is 0 Å². The van der Waals surface area contributed by atoms with Crippen LogP contribution in [-0.4, -0.2) is 58.3 Å². The average molecular weight is 325 g/mol. The van der Waals surface area contributed by atoms with Gasteiger partial charge in [-0.25, -0.2) is 4.98 Å². The lowest BCUT2D eigenvalue weighted by Gasteiger charge is -2.34. The van der Waals surface area contributed by atoms with Gasteiger partial charge in [-0.15, -0.1) is 0 Å². The highest BCUT2D eigenvalue weighted by atomic mass is 35.5. The molecule has 1 aliphatic heterocycles. The second kappa shape index (κ2) is 6.99. The minimum Gasteiger partial charge on any atom is -0.377 e. The van der Waals surface area contributed by atoms with Gasteiger partial charge in [0.15, 0.2) is 5.82 Å². The van der Waals surface area contributed by atoms with E-state index in [1.165, 1.54) is 6.20 Å². The molecule has 0 unspecified atom stereocenters. The standard InChI is InChI=1S/C13H17ClN6O2/c1-21-9-11-17-13(22-18-11)8-19-2-4-20(5-3-19)12-7-15-6-10(14)16-12/h6-7H,2-5,8-9H2,1H3. The number of piperazine rings is 1. The molecule has 0 saturated carbocycles. The largest absolute Gasteiger partial charge is 0.377 e. The van der Waals surface area contributed by atoms with Gasteiger partial charge in [-0.3, -0.25) is 9.88 Å². The van der Waals surface area contributed by atoms with Crippen LogP contribution in [0.15, 0.2) is 16.9 Å². The van der Waals surface area contributed by atoms with Crippen molar-refractivity contribution in [1.29, 1.82) is 0 Å². The molecule has 1 aliphatic rings. The summed E-state index contributed by atoms with van der Waals surface area (Å²) in [4.78, 5) is 17.1. The maximum Gasteiger partial charge on any atom is 0.240 e. The summed E-state index contributed by atoms with van der Waals surface area (Å²) >= 11 is 5.88. The van der Waals surface area contributed by atoms with Gasteiger partial charge in [0.25, 0.3) is 0 Å². The second-order valence-electron chi connectivity index (χ2n) is 5.00. The predicted molar refractivity (Wildman–Crippen MR) is 79.5 cm³/mol. The first-order chi connectivity index (χ1) is 10.7. The Balaban J connectivity index is 1.53. The van der Waals surface area contributed by atoms with Crippen LogP contribution >= 0.6 is 11.6 Å². The molecular formula is C13H17ClN6O2. The summed E-state index contributed by atoms with van der Waals surface area (Å²) in [5.41, 5.74) is 0. The van der Waals surface area contributed by atoms with E-state index in [1.54, 1.807) is 13.3 Å². The van der Waals surface area contributed by atoms with Crippen LogP contribution in [-0.2, 0) is 17.9 Å². The monoisotopic (exact) mass is 324 g/mol. The molecule has 22 heavy (non-hydrogen) atoms. The molecule has 118 valence electrons. The van der Waals surface area contributed by atoms with Gasteiger partial charge >= 0.3 is 0 Å². The zero-order chi connectivity index (χ0) is 15.4. The van der Waals surface area contributed by atoms with Crippen molar-refractivity contribution in [2.75, 3.05) is 38.2 Å². The van der Waals surface area contributed by atoms with E-state index in [0.717, 1.165) is 32.0 Å². The topological polar surface area (TPSA) is 80.4 Å². The SMILES string of the molecule is COCc1noc(CN2CCN(c3cncc(Cl)n3)CC2)n1. The number of ether oxygens (including phenoxy) is 1. The van der Waals surface area contributed by atoms with Gasteiger partial charge in [-0.1, -0.05) is 16.8 Å². The van der Waals surface area contributed by atoms with Crippen molar-refractivity contribution >= 4 is 17.4 Å². The first-order valence-electron chi connectivity index (χ1n) is 7.00. The van der Waals surface area contributed by atoms with Crippen molar-refractivity contribution in [1.82, 2.24) is 25.0 Å². The quantitative estimate of drug-likeness (QED) is 0.805. The van der Waals surface area contributed by atoms with Crippen molar-refractivity contribution in [3.05, 3.63) is 29.3 Å². The highest BCUT2D eigenvalue weighted by molar-refractivity contribution is 6.29. The zero-order valence-corrected chi connectivity index (χ0v) is 13.0. The minimum atomic E-state index is 0.366. The number of anilines is 1. The van der Waals surface area contributed by atoms with Gasteiger partial charge < -0.3 is 14.2 Å². The van der Waals surface area contributed by atoms with Crippen LogP contribution in [0.3, 0.4) is 0 Å².